The molecule has 0 radical (unpaired) electrons. The zero-order valence-electron chi connectivity index (χ0n) is 25.6. The van der Waals surface area contributed by atoms with E-state index in [0.717, 1.165) is 41.1 Å². The molecule has 1 saturated carbocycles. The highest BCUT2D eigenvalue weighted by molar-refractivity contribution is 7.92. The normalized spacial score (nSPS) is 14.1. The highest BCUT2D eigenvalue weighted by Crippen LogP contribution is 2.27. The first-order valence-electron chi connectivity index (χ1n) is 15.3. The summed E-state index contributed by atoms with van der Waals surface area (Å²) in [7, 11) is -4.16. The van der Waals surface area contributed by atoms with Gasteiger partial charge in [0.15, 0.2) is 0 Å². The van der Waals surface area contributed by atoms with Crippen molar-refractivity contribution in [3.63, 3.8) is 0 Å². The van der Waals surface area contributed by atoms with E-state index in [4.69, 9.17) is 23.2 Å². The third kappa shape index (κ3) is 8.29. The highest BCUT2D eigenvalue weighted by Gasteiger charge is 2.35. The van der Waals surface area contributed by atoms with Crippen molar-refractivity contribution in [1.29, 1.82) is 0 Å². The lowest BCUT2D eigenvalue weighted by Gasteiger charge is -2.34. The Labute approximate surface area is 281 Å². The molecule has 1 aliphatic carbocycles. The van der Waals surface area contributed by atoms with Crippen LogP contribution < -0.4 is 9.62 Å². The third-order valence-electron chi connectivity index (χ3n) is 8.24. The second kappa shape index (κ2) is 15.2. The Morgan fingerprint density at radius 1 is 0.826 bits per heavy atom. The molecule has 0 spiro atoms. The number of anilines is 1. The monoisotopic (exact) mass is 677 g/mol. The van der Waals surface area contributed by atoms with E-state index in [2.05, 4.69) is 5.32 Å². The summed E-state index contributed by atoms with van der Waals surface area (Å²) in [6.45, 7) is 1.36. The molecule has 10 heteroatoms. The minimum absolute atomic E-state index is 0.0124. The van der Waals surface area contributed by atoms with Crippen LogP contribution in [0.15, 0.2) is 108 Å². The molecule has 0 bridgehead atoms. The van der Waals surface area contributed by atoms with Gasteiger partial charge in [0.05, 0.1) is 20.6 Å². The Kier molecular flexibility index (Phi) is 11.0. The summed E-state index contributed by atoms with van der Waals surface area (Å²) in [4.78, 5) is 30.2. The van der Waals surface area contributed by atoms with Gasteiger partial charge in [-0.3, -0.25) is 13.9 Å². The smallest absolute Gasteiger partial charge is 0.264 e. The van der Waals surface area contributed by atoms with Crippen molar-refractivity contribution >= 4 is 50.7 Å². The quantitative estimate of drug-likeness (QED) is 0.172. The molecule has 46 heavy (non-hydrogen) atoms. The second-order valence-electron chi connectivity index (χ2n) is 11.6. The van der Waals surface area contributed by atoms with Crippen LogP contribution in [-0.2, 0) is 32.6 Å². The Bertz CT molecular complexity index is 1750. The minimum Gasteiger partial charge on any atom is -0.352 e. The molecule has 1 N–H and O–H groups in total. The molecule has 0 aromatic heterocycles. The van der Waals surface area contributed by atoms with E-state index < -0.39 is 28.5 Å². The van der Waals surface area contributed by atoms with Crippen molar-refractivity contribution in [2.75, 3.05) is 10.8 Å². The van der Waals surface area contributed by atoms with E-state index in [0.29, 0.717) is 21.3 Å². The van der Waals surface area contributed by atoms with E-state index >= 15 is 0 Å². The van der Waals surface area contributed by atoms with Gasteiger partial charge in [0.1, 0.15) is 12.6 Å². The zero-order valence-corrected chi connectivity index (χ0v) is 27.9. The Morgan fingerprint density at radius 3 is 2.09 bits per heavy atom. The standard InChI is InChI=1S/C36H37Cl2N3O4S/c1-26-16-19-31(20-17-26)46(44,45)41(30-14-6-3-7-15-30)25-35(42)40(24-28-18-21-32(37)33(38)22-28)34(23-27-10-4-2-5-11-27)36(43)39-29-12-8-9-13-29/h2-7,10-11,14-22,29,34H,8-9,12-13,23-25H2,1H3,(H,39,43)/t34-/m1/s1. The number of sulfonamides is 1. The van der Waals surface area contributed by atoms with E-state index in [9.17, 15) is 18.0 Å². The number of carbonyl (C=O) groups excluding carboxylic acids is 2. The Balaban J connectivity index is 1.56. The Hall–Kier alpha value is -3.85. The van der Waals surface area contributed by atoms with Crippen LogP contribution >= 0.6 is 23.2 Å². The summed E-state index contributed by atoms with van der Waals surface area (Å²) in [5.41, 5.74) is 2.77. The summed E-state index contributed by atoms with van der Waals surface area (Å²) < 4.78 is 29.3. The number of para-hydroxylation sites is 1. The maximum atomic E-state index is 14.6. The molecule has 5 rings (SSSR count). The lowest BCUT2D eigenvalue weighted by Crippen LogP contribution is -2.54. The molecule has 1 aliphatic rings. The van der Waals surface area contributed by atoms with Crippen LogP contribution in [0.3, 0.4) is 0 Å². The first-order valence-corrected chi connectivity index (χ1v) is 17.5. The number of hydrogen-bond donors (Lipinski definition) is 1. The van der Waals surface area contributed by atoms with E-state index in [1.165, 1.54) is 17.0 Å². The van der Waals surface area contributed by atoms with E-state index in [1.54, 1.807) is 60.7 Å². The third-order valence-corrected chi connectivity index (χ3v) is 10.8. The van der Waals surface area contributed by atoms with Gasteiger partial charge in [-0.25, -0.2) is 8.42 Å². The average molecular weight is 679 g/mol. The van der Waals surface area contributed by atoms with Crippen LogP contribution in [0.2, 0.25) is 10.0 Å². The largest absolute Gasteiger partial charge is 0.352 e. The molecule has 1 atom stereocenters. The van der Waals surface area contributed by atoms with Crippen LogP contribution in [0.25, 0.3) is 0 Å². The molecular weight excluding hydrogens is 641 g/mol. The topological polar surface area (TPSA) is 86.8 Å². The number of hydrogen-bond acceptors (Lipinski definition) is 4. The molecular formula is C36H37Cl2N3O4S. The van der Waals surface area contributed by atoms with Crippen LogP contribution in [0.1, 0.15) is 42.4 Å². The molecule has 4 aromatic rings. The fourth-order valence-electron chi connectivity index (χ4n) is 5.72. The number of nitrogens with one attached hydrogen (secondary N) is 1. The average Bonchev–Trinajstić information content (AvgIpc) is 3.57. The number of halogens is 2. The summed E-state index contributed by atoms with van der Waals surface area (Å²) in [5, 5.41) is 3.85. The predicted octanol–water partition coefficient (Wildman–Crippen LogP) is 7.20. The number of nitrogens with zero attached hydrogens (tertiary/aromatic N) is 2. The first kappa shape index (κ1) is 33.5. The van der Waals surface area contributed by atoms with Crippen molar-refractivity contribution in [2.45, 2.75) is 62.6 Å². The highest BCUT2D eigenvalue weighted by atomic mass is 35.5. The molecule has 2 amide bonds. The Morgan fingerprint density at radius 2 is 1.46 bits per heavy atom. The van der Waals surface area contributed by atoms with Gasteiger partial charge in [0, 0.05) is 19.0 Å². The van der Waals surface area contributed by atoms with Crippen LogP contribution in [-0.4, -0.2) is 43.8 Å². The van der Waals surface area contributed by atoms with Crippen LogP contribution in [0.4, 0.5) is 5.69 Å². The van der Waals surface area contributed by atoms with Gasteiger partial charge < -0.3 is 10.2 Å². The fraction of sp³-hybridized carbons (Fsp3) is 0.278. The van der Waals surface area contributed by atoms with E-state index in [1.807, 2.05) is 37.3 Å². The summed E-state index contributed by atoms with van der Waals surface area (Å²) in [6, 6.07) is 28.7. The number of rotatable bonds is 12. The summed E-state index contributed by atoms with van der Waals surface area (Å²) in [5.74, 6) is -0.815. The van der Waals surface area contributed by atoms with E-state index in [-0.39, 0.29) is 29.8 Å². The van der Waals surface area contributed by atoms with Gasteiger partial charge in [-0.15, -0.1) is 0 Å². The van der Waals surface area contributed by atoms with Crippen LogP contribution in [0, 0.1) is 6.92 Å². The first-order chi connectivity index (χ1) is 22.1. The molecule has 0 unspecified atom stereocenters. The lowest BCUT2D eigenvalue weighted by atomic mass is 10.0. The van der Waals surface area contributed by atoms with Gasteiger partial charge in [0.25, 0.3) is 10.0 Å². The molecule has 0 heterocycles. The van der Waals surface area contributed by atoms with Crippen molar-refractivity contribution in [3.05, 3.63) is 130 Å². The maximum Gasteiger partial charge on any atom is 0.264 e. The lowest BCUT2D eigenvalue weighted by molar-refractivity contribution is -0.140. The number of aryl methyl sites for hydroxylation is 1. The molecule has 7 nitrogen and oxygen atoms in total. The summed E-state index contributed by atoms with van der Waals surface area (Å²) >= 11 is 12.6. The molecule has 240 valence electrons. The predicted molar refractivity (Wildman–Crippen MR) is 183 cm³/mol. The van der Waals surface area contributed by atoms with Gasteiger partial charge in [-0.05, 0) is 67.3 Å². The van der Waals surface area contributed by atoms with Gasteiger partial charge >= 0.3 is 0 Å². The van der Waals surface area contributed by atoms with Gasteiger partial charge in [0.2, 0.25) is 11.8 Å². The van der Waals surface area contributed by atoms with Crippen LogP contribution in [0.5, 0.6) is 0 Å². The zero-order chi connectivity index (χ0) is 32.7. The SMILES string of the molecule is Cc1ccc(S(=O)(=O)N(CC(=O)N(Cc2ccc(Cl)c(Cl)c2)[C@H](Cc2ccccc2)C(=O)NC2CCCC2)c2ccccc2)cc1. The molecule has 4 aromatic carbocycles. The molecule has 1 fully saturated rings. The molecule has 0 aliphatic heterocycles. The van der Waals surface area contributed by atoms with Crippen molar-refractivity contribution in [1.82, 2.24) is 10.2 Å². The fourth-order valence-corrected chi connectivity index (χ4v) is 7.45. The molecule has 0 saturated heterocycles. The number of benzene rings is 4. The number of carbonyl (C=O) groups is 2. The van der Waals surface area contributed by atoms with Crippen molar-refractivity contribution < 1.29 is 18.0 Å². The maximum absolute atomic E-state index is 14.6. The summed E-state index contributed by atoms with van der Waals surface area (Å²) in [6.07, 6.45) is 4.05. The van der Waals surface area contributed by atoms with Crippen molar-refractivity contribution in [2.24, 2.45) is 0 Å². The minimum atomic E-state index is -4.16. The number of amides is 2. The van der Waals surface area contributed by atoms with Gasteiger partial charge in [-0.1, -0.05) is 108 Å². The van der Waals surface area contributed by atoms with Gasteiger partial charge in [-0.2, -0.15) is 0 Å². The van der Waals surface area contributed by atoms with Crippen molar-refractivity contribution in [3.8, 4) is 0 Å². The second-order valence-corrected chi connectivity index (χ2v) is 14.3.